The van der Waals surface area contributed by atoms with Crippen molar-refractivity contribution >= 4 is 17.5 Å². The number of amides is 2. The molecule has 1 aromatic heterocycles. The number of anilines is 1. The van der Waals surface area contributed by atoms with Crippen molar-refractivity contribution in [2.24, 2.45) is 12.5 Å². The van der Waals surface area contributed by atoms with Gasteiger partial charge in [0.1, 0.15) is 0 Å². The van der Waals surface area contributed by atoms with Crippen LogP contribution in [0.5, 0.6) is 0 Å². The number of carbonyl (C=O) groups is 2. The molecule has 0 bridgehead atoms. The summed E-state index contributed by atoms with van der Waals surface area (Å²) < 4.78 is 54.6. The average Bonchev–Trinajstić information content (AvgIpc) is 2.89. The van der Waals surface area contributed by atoms with Crippen molar-refractivity contribution in [1.82, 2.24) is 9.78 Å². The van der Waals surface area contributed by atoms with Crippen molar-refractivity contribution in [3.63, 3.8) is 0 Å². The molecule has 0 aliphatic rings. The van der Waals surface area contributed by atoms with Crippen LogP contribution in [0.3, 0.4) is 0 Å². The Morgan fingerprint density at radius 3 is 2.26 bits per heavy atom. The lowest BCUT2D eigenvalue weighted by molar-refractivity contribution is -0.142. The predicted octanol–water partition coefficient (Wildman–Crippen LogP) is 5.24. The number of rotatable bonds is 5. The Bertz CT molecular complexity index is 974. The van der Waals surface area contributed by atoms with Gasteiger partial charge in [-0.1, -0.05) is 45.9 Å². The number of alkyl halides is 3. The summed E-state index contributed by atoms with van der Waals surface area (Å²) in [5.41, 5.74) is -1.39. The standard InChI is InChI=1S/C22H27F4N3O2/c1-13(12-21(3,4)5)15-9-7-8-10-17(15)29(14(2)30)18(31)11-16-19(22(24,25)26)27-28(6)20(16)23/h7-10,13H,11-12H2,1-6H3. The first kappa shape index (κ1) is 24.6. The Morgan fingerprint density at radius 1 is 1.16 bits per heavy atom. The number of aromatic nitrogens is 2. The highest BCUT2D eigenvalue weighted by Crippen LogP contribution is 2.37. The molecule has 9 heteroatoms. The molecule has 1 unspecified atom stereocenters. The van der Waals surface area contributed by atoms with Crippen LogP contribution < -0.4 is 4.90 Å². The minimum Gasteiger partial charge on any atom is -0.274 e. The summed E-state index contributed by atoms with van der Waals surface area (Å²) in [6.07, 6.45) is -5.13. The molecule has 2 aromatic rings. The fraction of sp³-hybridized carbons (Fsp3) is 0.500. The molecule has 0 aliphatic heterocycles. The summed E-state index contributed by atoms with van der Waals surface area (Å²) >= 11 is 0. The molecule has 1 atom stereocenters. The summed E-state index contributed by atoms with van der Waals surface area (Å²) in [4.78, 5) is 26.2. The fourth-order valence-electron chi connectivity index (χ4n) is 3.78. The van der Waals surface area contributed by atoms with E-state index in [1.165, 1.54) is 0 Å². The fourth-order valence-corrected chi connectivity index (χ4v) is 3.78. The van der Waals surface area contributed by atoms with Crippen LogP contribution in [0.1, 0.15) is 63.8 Å². The topological polar surface area (TPSA) is 55.2 Å². The van der Waals surface area contributed by atoms with Gasteiger partial charge in [-0.05, 0) is 29.4 Å². The number of imide groups is 1. The Hall–Kier alpha value is -2.71. The van der Waals surface area contributed by atoms with Crippen LogP contribution in [0.15, 0.2) is 24.3 Å². The van der Waals surface area contributed by atoms with Crippen LogP contribution in [-0.4, -0.2) is 21.6 Å². The van der Waals surface area contributed by atoms with Gasteiger partial charge in [0.05, 0.1) is 12.1 Å². The summed E-state index contributed by atoms with van der Waals surface area (Å²) in [5, 5.41) is 3.16. The van der Waals surface area contributed by atoms with Crippen LogP contribution in [0.2, 0.25) is 0 Å². The number of aryl methyl sites for hydroxylation is 1. The van der Waals surface area contributed by atoms with E-state index >= 15 is 0 Å². The molecule has 0 aliphatic carbocycles. The lowest BCUT2D eigenvalue weighted by atomic mass is 9.82. The molecule has 31 heavy (non-hydrogen) atoms. The monoisotopic (exact) mass is 441 g/mol. The zero-order valence-electron chi connectivity index (χ0n) is 18.5. The Morgan fingerprint density at radius 2 is 1.74 bits per heavy atom. The molecule has 0 spiro atoms. The van der Waals surface area contributed by atoms with E-state index in [4.69, 9.17) is 0 Å². The third kappa shape index (κ3) is 5.71. The lowest BCUT2D eigenvalue weighted by Gasteiger charge is -2.28. The molecule has 5 nitrogen and oxygen atoms in total. The highest BCUT2D eigenvalue weighted by Gasteiger charge is 2.40. The molecule has 0 N–H and O–H groups in total. The summed E-state index contributed by atoms with van der Waals surface area (Å²) in [7, 11) is 1.02. The summed E-state index contributed by atoms with van der Waals surface area (Å²) in [6.45, 7) is 9.28. The normalized spacial score (nSPS) is 13.2. The van der Waals surface area contributed by atoms with Crippen molar-refractivity contribution in [2.45, 2.75) is 59.6 Å². The van der Waals surface area contributed by atoms with Gasteiger partial charge in [-0.25, -0.2) is 4.68 Å². The van der Waals surface area contributed by atoms with Crippen molar-refractivity contribution in [3.05, 3.63) is 47.0 Å². The smallest absolute Gasteiger partial charge is 0.274 e. The van der Waals surface area contributed by atoms with E-state index in [9.17, 15) is 27.2 Å². The van der Waals surface area contributed by atoms with Gasteiger partial charge in [-0.15, -0.1) is 0 Å². The number of benzene rings is 1. The second-order valence-corrected chi connectivity index (χ2v) is 8.89. The van der Waals surface area contributed by atoms with E-state index in [-0.39, 0.29) is 17.0 Å². The van der Waals surface area contributed by atoms with Crippen LogP contribution in [0.25, 0.3) is 0 Å². The molecule has 0 fully saturated rings. The second-order valence-electron chi connectivity index (χ2n) is 8.89. The quantitative estimate of drug-likeness (QED) is 0.597. The molecule has 1 heterocycles. The number of para-hydroxylation sites is 1. The van der Waals surface area contributed by atoms with Gasteiger partial charge in [-0.2, -0.15) is 22.7 Å². The number of hydrogen-bond acceptors (Lipinski definition) is 3. The van der Waals surface area contributed by atoms with Gasteiger partial charge >= 0.3 is 6.18 Å². The van der Waals surface area contributed by atoms with Crippen molar-refractivity contribution in [2.75, 3.05) is 4.90 Å². The average molecular weight is 441 g/mol. The molecule has 0 saturated heterocycles. The van der Waals surface area contributed by atoms with E-state index in [0.717, 1.165) is 25.3 Å². The van der Waals surface area contributed by atoms with Gasteiger partial charge in [0.25, 0.3) is 0 Å². The number of halogens is 4. The molecule has 0 saturated carbocycles. The maximum Gasteiger partial charge on any atom is 0.435 e. The largest absolute Gasteiger partial charge is 0.435 e. The number of carbonyl (C=O) groups excluding carboxylic acids is 2. The van der Waals surface area contributed by atoms with Crippen molar-refractivity contribution in [1.29, 1.82) is 0 Å². The zero-order chi connectivity index (χ0) is 23.7. The third-order valence-corrected chi connectivity index (χ3v) is 4.86. The highest BCUT2D eigenvalue weighted by molar-refractivity contribution is 6.15. The molecule has 2 rings (SSSR count). The summed E-state index contributed by atoms with van der Waals surface area (Å²) in [5.74, 6) is -2.93. The third-order valence-electron chi connectivity index (χ3n) is 4.86. The van der Waals surface area contributed by atoms with E-state index in [1.807, 2.05) is 6.92 Å². The van der Waals surface area contributed by atoms with E-state index in [1.54, 1.807) is 24.3 Å². The molecule has 170 valence electrons. The highest BCUT2D eigenvalue weighted by atomic mass is 19.4. The van der Waals surface area contributed by atoms with Crippen molar-refractivity contribution in [3.8, 4) is 0 Å². The minimum atomic E-state index is -4.93. The maximum absolute atomic E-state index is 14.3. The first-order valence-electron chi connectivity index (χ1n) is 9.84. The molecular weight excluding hydrogens is 414 g/mol. The molecular formula is C22H27F4N3O2. The van der Waals surface area contributed by atoms with Gasteiger partial charge < -0.3 is 0 Å². The number of hydrogen-bond donors (Lipinski definition) is 0. The Kier molecular flexibility index (Phi) is 6.97. The van der Waals surface area contributed by atoms with E-state index < -0.39 is 41.6 Å². The molecule has 1 aromatic carbocycles. The molecule has 0 radical (unpaired) electrons. The van der Waals surface area contributed by atoms with Gasteiger partial charge in [0.2, 0.25) is 17.8 Å². The van der Waals surface area contributed by atoms with E-state index in [2.05, 4.69) is 25.9 Å². The van der Waals surface area contributed by atoms with Gasteiger partial charge in [0.15, 0.2) is 5.69 Å². The van der Waals surface area contributed by atoms with Crippen LogP contribution in [0.4, 0.5) is 23.2 Å². The first-order valence-corrected chi connectivity index (χ1v) is 9.84. The summed E-state index contributed by atoms with van der Waals surface area (Å²) in [6, 6.07) is 6.75. The maximum atomic E-state index is 14.3. The predicted molar refractivity (Wildman–Crippen MR) is 109 cm³/mol. The van der Waals surface area contributed by atoms with Crippen LogP contribution in [0, 0.1) is 11.4 Å². The molecule has 2 amide bonds. The second kappa shape index (κ2) is 8.80. The Balaban J connectivity index is 2.48. The van der Waals surface area contributed by atoms with Crippen molar-refractivity contribution < 1.29 is 27.2 Å². The van der Waals surface area contributed by atoms with Crippen LogP contribution >= 0.6 is 0 Å². The zero-order valence-corrected chi connectivity index (χ0v) is 18.5. The van der Waals surface area contributed by atoms with Crippen LogP contribution in [-0.2, 0) is 29.2 Å². The number of nitrogens with zero attached hydrogens (tertiary/aromatic N) is 3. The Labute approximate surface area is 179 Å². The minimum absolute atomic E-state index is 0.0297. The van der Waals surface area contributed by atoms with Gasteiger partial charge in [-0.3, -0.25) is 14.5 Å². The first-order chi connectivity index (χ1) is 14.1. The SMILES string of the molecule is CC(=O)N(C(=O)Cc1c(C(F)(F)F)nn(C)c1F)c1ccccc1C(C)CC(C)(C)C. The van der Waals surface area contributed by atoms with Gasteiger partial charge in [0, 0.05) is 19.5 Å². The lowest BCUT2D eigenvalue weighted by Crippen LogP contribution is -2.37. The van der Waals surface area contributed by atoms with E-state index in [0.29, 0.717) is 10.2 Å².